The van der Waals surface area contributed by atoms with Crippen molar-refractivity contribution in [2.24, 2.45) is 51.2 Å². The Morgan fingerprint density at radius 2 is 1.81 bits per heavy atom. The predicted octanol–water partition coefficient (Wildman–Crippen LogP) is 6.79. The number of carbonyl (C=O) groups is 3. The van der Waals surface area contributed by atoms with Gasteiger partial charge in [0.15, 0.2) is 11.4 Å². The number of phenols is 2. The summed E-state index contributed by atoms with van der Waals surface area (Å²) < 4.78 is 12.7. The molecule has 1 amide bonds. The number of allylic oxidation sites excluding steroid dienone is 4. The van der Waals surface area contributed by atoms with Crippen LogP contribution in [0.15, 0.2) is 69.7 Å². The number of Topliss-reactive ketones (excluding diaryl/α,β-unsaturated/α-hetero) is 1. The Bertz CT molecular complexity index is 2690. The maximum Gasteiger partial charge on any atom is 0.327 e. The van der Waals surface area contributed by atoms with E-state index in [-0.39, 0.29) is 80.6 Å². The van der Waals surface area contributed by atoms with Gasteiger partial charge in [0.05, 0.1) is 33.3 Å². The van der Waals surface area contributed by atoms with Gasteiger partial charge in [0.25, 0.3) is 5.91 Å². The summed E-state index contributed by atoms with van der Waals surface area (Å²) in [4.78, 5) is 55.3. The van der Waals surface area contributed by atoms with Crippen molar-refractivity contribution in [3.05, 3.63) is 86.4 Å². The molecule has 1 saturated heterocycles. The Labute approximate surface area is 403 Å². The standard InChI is InChI=1S/C52H69N7O8S/c1-28(2)25-58-21-19-52(20-22-58)56-41-38-39-45(62)34(8)48-40(38)49(64)51(9,67-48)18-11-10-15-30(4)47(66-37(60)27-59(54)26-35(53)36-17-13-23-68-36)33(7)44(61)32(6)24-29(3)14-12-16-31(5)50(65)55-43(46(39)63)42(41)57-52/h10-14,16-17,23,26,28-30,32-33,44,47,56,61-63H,15,18-22,24-25,27,53-54H2,1-9H3/b11-10+,14-12+,31-16-,35-26-,55-43?/t29-,30+,32+,33+,44+,47+,51+/m0/s1. The fourth-order valence-corrected chi connectivity index (χ4v) is 10.9. The van der Waals surface area contributed by atoms with Gasteiger partial charge in [0.1, 0.15) is 40.5 Å². The van der Waals surface area contributed by atoms with Crippen LogP contribution in [0.5, 0.6) is 17.2 Å². The third kappa shape index (κ3) is 10.2. The van der Waals surface area contributed by atoms with Gasteiger partial charge in [-0.05, 0) is 68.7 Å². The van der Waals surface area contributed by atoms with Crippen LogP contribution in [-0.2, 0) is 14.3 Å². The number of hydrazine groups is 1. The van der Waals surface area contributed by atoms with Crippen LogP contribution in [-0.4, -0.2) is 92.5 Å². The number of ketones is 1. The summed E-state index contributed by atoms with van der Waals surface area (Å²) in [6, 6.07) is 3.73. The molecule has 1 spiro atoms. The van der Waals surface area contributed by atoms with E-state index in [1.165, 1.54) is 22.5 Å². The molecular formula is C52H69N7O8S. The number of likely N-dealkylation sites (tertiary alicyclic amines) is 1. The number of nitrogens with zero attached hydrogens (tertiary/aromatic N) is 4. The summed E-state index contributed by atoms with van der Waals surface area (Å²) in [7, 11) is 0. The lowest BCUT2D eigenvalue weighted by Gasteiger charge is -2.38. The number of hydrogen-bond acceptors (Lipinski definition) is 15. The fourth-order valence-electron chi connectivity index (χ4n) is 10.2. The molecule has 0 saturated carbocycles. The molecule has 8 N–H and O–H groups in total. The highest BCUT2D eigenvalue weighted by Crippen LogP contribution is 2.51. The van der Waals surface area contributed by atoms with Crippen molar-refractivity contribution in [2.75, 3.05) is 31.5 Å². The number of aliphatic hydroxyl groups is 1. The van der Waals surface area contributed by atoms with Crippen LogP contribution >= 0.6 is 11.3 Å². The highest BCUT2D eigenvalue weighted by molar-refractivity contribution is 7.11. The van der Waals surface area contributed by atoms with Crippen molar-refractivity contribution in [1.82, 2.24) is 9.91 Å². The lowest BCUT2D eigenvalue weighted by molar-refractivity contribution is -0.159. The molecule has 1 fully saturated rings. The zero-order valence-electron chi connectivity index (χ0n) is 40.8. The van der Waals surface area contributed by atoms with E-state index in [4.69, 9.17) is 26.0 Å². The molecule has 5 aliphatic heterocycles. The number of rotatable bonds is 7. The fraction of sp³-hybridized carbons (Fsp3) is 0.519. The van der Waals surface area contributed by atoms with Gasteiger partial charge in [-0.15, -0.1) is 11.3 Å². The number of amides is 1. The first kappa shape index (κ1) is 50.3. The number of nitrogens with two attached hydrogens (primary N) is 2. The molecule has 0 radical (unpaired) electrons. The van der Waals surface area contributed by atoms with E-state index < -0.39 is 47.0 Å². The molecule has 6 heterocycles. The summed E-state index contributed by atoms with van der Waals surface area (Å²) in [5.41, 5.74) is 5.59. The summed E-state index contributed by atoms with van der Waals surface area (Å²) in [6.45, 7) is 19.3. The Morgan fingerprint density at radius 3 is 2.49 bits per heavy atom. The average molecular weight is 952 g/mol. The minimum Gasteiger partial charge on any atom is -0.507 e. The van der Waals surface area contributed by atoms with Crippen LogP contribution in [0.1, 0.15) is 108 Å². The van der Waals surface area contributed by atoms with E-state index in [2.05, 4.69) is 29.1 Å². The second-order valence-corrected chi connectivity index (χ2v) is 21.2. The van der Waals surface area contributed by atoms with Crippen LogP contribution in [0.3, 0.4) is 0 Å². The number of anilines is 1. The second-order valence-electron chi connectivity index (χ2n) is 20.2. The van der Waals surface area contributed by atoms with E-state index in [0.717, 1.165) is 24.5 Å². The number of aromatic hydroxyl groups is 2. The Morgan fingerprint density at radius 1 is 1.09 bits per heavy atom. The maximum absolute atomic E-state index is 14.9. The van der Waals surface area contributed by atoms with Gasteiger partial charge in [0.2, 0.25) is 5.78 Å². The van der Waals surface area contributed by atoms with Gasteiger partial charge in [-0.1, -0.05) is 78.0 Å². The molecule has 7 atom stereocenters. The molecule has 3 aromatic rings. The Balaban J connectivity index is 1.27. The molecule has 5 bridgehead atoms. The molecule has 16 heteroatoms. The third-order valence-corrected chi connectivity index (χ3v) is 14.9. The maximum atomic E-state index is 14.9. The largest absolute Gasteiger partial charge is 0.507 e. The number of thiophene rings is 1. The molecule has 68 heavy (non-hydrogen) atoms. The summed E-state index contributed by atoms with van der Waals surface area (Å²) >= 11 is 1.45. The van der Waals surface area contributed by atoms with Crippen molar-refractivity contribution >= 4 is 51.2 Å². The van der Waals surface area contributed by atoms with Crippen molar-refractivity contribution in [2.45, 2.75) is 118 Å². The number of piperidine rings is 1. The topological polar surface area (TPSA) is 226 Å². The van der Waals surface area contributed by atoms with Gasteiger partial charge in [-0.2, -0.15) is 0 Å². The number of carbonyl (C=O) groups excluding carboxylic acids is 3. The molecular weight excluding hydrogens is 883 g/mol. The lowest BCUT2D eigenvalue weighted by atomic mass is 9.80. The number of esters is 1. The zero-order valence-corrected chi connectivity index (χ0v) is 41.7. The van der Waals surface area contributed by atoms with E-state index in [1.807, 2.05) is 63.4 Å². The number of benzene rings is 2. The summed E-state index contributed by atoms with van der Waals surface area (Å²) in [6.07, 6.45) is 11.5. The van der Waals surface area contributed by atoms with E-state index in [1.54, 1.807) is 32.9 Å². The average Bonchev–Trinajstić information content (AvgIpc) is 4.02. The molecule has 8 rings (SSSR count). The van der Waals surface area contributed by atoms with Crippen LogP contribution in [0, 0.1) is 36.5 Å². The molecule has 0 aliphatic carbocycles. The molecule has 0 unspecified atom stereocenters. The SMILES string of the molecule is C/C1=C/C=C/[C@H](C)C[C@@H](C)[C@@H](O)[C@@H](C)[C@H](OC(=O)CN(N)/C=C(\N)c2cccs2)[C@H](C)C/C=C/C[C@@]2(C)Oc3c(C)c(O)c4c(O)c(c5c(c4c3C2=O)NC2(CCN(CC(C)C)CC2)N=5)=NC1=O. The molecule has 366 valence electrons. The number of aliphatic hydroxyl groups excluding tert-OH is 1. The molecule has 2 aromatic carbocycles. The van der Waals surface area contributed by atoms with Crippen LogP contribution in [0.2, 0.25) is 0 Å². The predicted molar refractivity (Wildman–Crippen MR) is 265 cm³/mol. The highest BCUT2D eigenvalue weighted by Gasteiger charge is 2.48. The first-order valence-electron chi connectivity index (χ1n) is 23.8. The number of phenolic OH excluding ortho intramolecular Hbond substituents is 2. The van der Waals surface area contributed by atoms with Gasteiger partial charge in [-0.3, -0.25) is 19.4 Å². The molecule has 1 aromatic heterocycles. The number of fused-ring (bicyclic) bond motifs is 13. The van der Waals surface area contributed by atoms with Crippen molar-refractivity contribution in [3.8, 4) is 17.2 Å². The number of ether oxygens (including phenoxy) is 2. The highest BCUT2D eigenvalue weighted by atomic mass is 32.1. The van der Waals surface area contributed by atoms with Crippen LogP contribution in [0.4, 0.5) is 5.69 Å². The quantitative estimate of drug-likeness (QED) is 0.0473. The normalized spacial score (nSPS) is 28.6. The monoisotopic (exact) mass is 951 g/mol. The number of nitrogens with one attached hydrogen (secondary N) is 1. The second kappa shape index (κ2) is 20.2. The van der Waals surface area contributed by atoms with Crippen molar-refractivity contribution in [3.63, 3.8) is 0 Å². The van der Waals surface area contributed by atoms with E-state index in [0.29, 0.717) is 48.6 Å². The molecule has 15 nitrogen and oxygen atoms in total. The summed E-state index contributed by atoms with van der Waals surface area (Å²) in [5.74, 6) is 3.62. The zero-order chi connectivity index (χ0) is 49.4. The van der Waals surface area contributed by atoms with Gasteiger partial charge in [-0.25, -0.2) is 10.8 Å². The lowest BCUT2D eigenvalue weighted by Crippen LogP contribution is -2.47. The smallest absolute Gasteiger partial charge is 0.327 e. The van der Waals surface area contributed by atoms with Crippen molar-refractivity contribution < 1.29 is 39.2 Å². The minimum absolute atomic E-state index is 0.00954. The van der Waals surface area contributed by atoms with E-state index in [9.17, 15) is 29.7 Å². The summed E-state index contributed by atoms with van der Waals surface area (Å²) in [5, 5.41) is 43.1. The van der Waals surface area contributed by atoms with E-state index >= 15 is 0 Å². The van der Waals surface area contributed by atoms with Gasteiger partial charge >= 0.3 is 5.97 Å². The Kier molecular flexibility index (Phi) is 14.9. The van der Waals surface area contributed by atoms with Crippen LogP contribution < -0.4 is 32.3 Å². The first-order chi connectivity index (χ1) is 32.1. The Hall–Kier alpha value is -5.55. The van der Waals surface area contributed by atoms with Gasteiger partial charge < -0.3 is 45.8 Å². The van der Waals surface area contributed by atoms with Gasteiger partial charge in [0, 0.05) is 67.5 Å². The number of hydrogen-bond donors (Lipinski definition) is 6. The van der Waals surface area contributed by atoms with Crippen molar-refractivity contribution in [1.29, 1.82) is 0 Å². The van der Waals surface area contributed by atoms with Crippen LogP contribution in [0.25, 0.3) is 16.5 Å². The first-order valence-corrected chi connectivity index (χ1v) is 24.7. The third-order valence-electron chi connectivity index (χ3n) is 14.0. The minimum atomic E-state index is -1.40. The molecule has 5 aliphatic rings.